The summed E-state index contributed by atoms with van der Waals surface area (Å²) in [5.74, 6) is -6.02. The number of nitrogens with one attached hydrogen (secondary N) is 1. The Balaban J connectivity index is 1.41. The predicted octanol–water partition coefficient (Wildman–Crippen LogP) is 4.34. The summed E-state index contributed by atoms with van der Waals surface area (Å²) in [5, 5.41) is 1.40. The van der Waals surface area contributed by atoms with Crippen molar-refractivity contribution < 1.29 is 39.0 Å². The normalized spacial score (nSPS) is 30.1. The van der Waals surface area contributed by atoms with Gasteiger partial charge in [-0.3, -0.25) is 13.2 Å². The third-order valence-corrected chi connectivity index (χ3v) is 10.5. The van der Waals surface area contributed by atoms with Crippen molar-refractivity contribution in [2.45, 2.75) is 41.4 Å². The Kier molecular flexibility index (Phi) is 6.24. The average Bonchev–Trinajstić information content (AvgIpc) is 3.29. The molecule has 2 saturated carbocycles. The van der Waals surface area contributed by atoms with Gasteiger partial charge in [0.2, 0.25) is 0 Å². The van der Waals surface area contributed by atoms with E-state index in [1.165, 1.54) is 12.1 Å². The molecule has 3 unspecified atom stereocenters. The average molecular weight is 550 g/mol. The highest BCUT2D eigenvalue weighted by atomic mass is 35.5. The summed E-state index contributed by atoms with van der Waals surface area (Å²) in [6.07, 6.45) is 2.04. The second-order valence-corrected chi connectivity index (χ2v) is 12.4. The molecule has 1 heterocycles. The van der Waals surface area contributed by atoms with Gasteiger partial charge in [0.25, 0.3) is 5.91 Å². The lowest BCUT2D eigenvalue weighted by Gasteiger charge is -2.39. The first-order valence-electron chi connectivity index (χ1n) is 10.7. The Morgan fingerprint density at radius 3 is 2.29 bits per heavy atom. The van der Waals surface area contributed by atoms with Crippen LogP contribution in [0.3, 0.4) is 0 Å². The molecule has 0 aromatic heterocycles. The summed E-state index contributed by atoms with van der Waals surface area (Å²) in [6.45, 7) is 0.139. The maximum atomic E-state index is 13.7. The number of hydrogen-bond acceptors (Lipinski definition) is 6. The Labute approximate surface area is 206 Å². The third kappa shape index (κ3) is 4.39. The van der Waals surface area contributed by atoms with E-state index < -0.39 is 55.4 Å². The first-order valence-corrected chi connectivity index (χ1v) is 13.7. The molecule has 188 valence electrons. The van der Waals surface area contributed by atoms with Gasteiger partial charge in [0.1, 0.15) is 5.60 Å². The summed E-state index contributed by atoms with van der Waals surface area (Å²) in [7, 11) is -3.99. The van der Waals surface area contributed by atoms with E-state index in [1.54, 1.807) is 0 Å². The Morgan fingerprint density at radius 2 is 1.71 bits per heavy atom. The van der Waals surface area contributed by atoms with Gasteiger partial charge in [-0.05, 0) is 55.7 Å². The molecule has 2 aliphatic carbocycles. The summed E-state index contributed by atoms with van der Waals surface area (Å²) in [6, 6.07) is 4.88. The van der Waals surface area contributed by atoms with Crippen molar-refractivity contribution in [3.05, 3.63) is 58.4 Å². The Bertz CT molecular complexity index is 1320. The highest BCUT2D eigenvalue weighted by molar-refractivity contribution is 7.92. The van der Waals surface area contributed by atoms with Gasteiger partial charge in [-0.15, -0.1) is 0 Å². The fourth-order valence-electron chi connectivity index (χ4n) is 5.50. The van der Waals surface area contributed by atoms with Crippen molar-refractivity contribution in [3.63, 3.8) is 0 Å². The molecule has 0 radical (unpaired) electrons. The molecule has 3 fully saturated rings. The lowest BCUT2D eigenvalue weighted by molar-refractivity contribution is 0.0272. The molecule has 1 aliphatic heterocycles. The highest BCUT2D eigenvalue weighted by Gasteiger charge is 2.58. The van der Waals surface area contributed by atoms with Crippen molar-refractivity contribution in [2.24, 2.45) is 11.8 Å². The number of anilines is 1. The zero-order chi connectivity index (χ0) is 25.1. The van der Waals surface area contributed by atoms with Gasteiger partial charge in [0, 0.05) is 23.4 Å². The van der Waals surface area contributed by atoms with Crippen LogP contribution in [0.25, 0.3) is 0 Å². The van der Waals surface area contributed by atoms with Crippen molar-refractivity contribution in [2.75, 3.05) is 11.9 Å². The van der Waals surface area contributed by atoms with E-state index in [0.717, 1.165) is 6.07 Å². The number of fused-ring (bicyclic) bond motifs is 2. The van der Waals surface area contributed by atoms with Crippen LogP contribution in [0.5, 0.6) is 0 Å². The molecule has 7 nitrogen and oxygen atoms in total. The zero-order valence-electron chi connectivity index (χ0n) is 17.9. The second-order valence-electron chi connectivity index (χ2n) is 9.10. The summed E-state index contributed by atoms with van der Waals surface area (Å²) in [5.41, 5.74) is -1.22. The maximum absolute atomic E-state index is 13.7. The fraction of sp³-hybridized carbons (Fsp3) is 0.409. The van der Waals surface area contributed by atoms with E-state index in [1.807, 2.05) is 0 Å². The van der Waals surface area contributed by atoms with Crippen LogP contribution < -0.4 is 5.32 Å². The van der Waals surface area contributed by atoms with Crippen molar-refractivity contribution in [1.29, 1.82) is 0 Å². The van der Waals surface area contributed by atoms with Gasteiger partial charge >= 0.3 is 11.4 Å². The molecule has 1 N–H and O–H groups in total. The van der Waals surface area contributed by atoms with E-state index in [4.69, 9.17) is 20.0 Å². The van der Waals surface area contributed by atoms with E-state index >= 15 is 0 Å². The summed E-state index contributed by atoms with van der Waals surface area (Å²) in [4.78, 5) is 12.5. The number of benzene rings is 2. The van der Waals surface area contributed by atoms with Gasteiger partial charge in [0.15, 0.2) is 27.3 Å². The first kappa shape index (κ1) is 24.7. The number of carbonyl (C=O) groups excluding carboxylic acids is 1. The fourth-order valence-corrected chi connectivity index (χ4v) is 9.17. The summed E-state index contributed by atoms with van der Waals surface area (Å²) >= 11 is 4.40. The van der Waals surface area contributed by atoms with Crippen LogP contribution in [-0.4, -0.2) is 36.0 Å². The van der Waals surface area contributed by atoms with E-state index in [2.05, 4.69) is 5.32 Å². The maximum Gasteiger partial charge on any atom is 0.305 e. The zero-order valence-corrected chi connectivity index (χ0v) is 20.3. The largest absolute Gasteiger partial charge is 0.322 e. The molecule has 1 amide bonds. The topological polar surface area (TPSA) is 98.8 Å². The SMILES string of the molecule is O=C(Nc1cc(F)c(F)c(F)c1)c1ccc(Cl)c(S(=O)(=O)C2C3CC[C@H]2C[C@]2(COS(=O)O2)C3)c1. The molecule has 2 bridgehead atoms. The number of sulfone groups is 1. The van der Waals surface area contributed by atoms with Gasteiger partial charge in [-0.1, -0.05) is 11.6 Å². The molecule has 2 aromatic rings. The van der Waals surface area contributed by atoms with Crippen LogP contribution in [0.1, 0.15) is 36.0 Å². The number of amides is 1. The van der Waals surface area contributed by atoms with Crippen molar-refractivity contribution >= 4 is 44.4 Å². The standard InChI is InChI=1S/C22H19ClF3NO6S2/c23-15-4-3-11(21(28)27-14-6-16(24)19(26)17(25)7-14)5-18(15)35(30,31)20-12-1-2-13(20)9-22(8-12)10-32-34(29)33-22/h3-7,12-13,20H,1-2,8-10H2,(H,27,28)/t12-,13?,20?,22+,34?/m0/s1. The van der Waals surface area contributed by atoms with Crippen LogP contribution in [0.15, 0.2) is 35.2 Å². The molecular weight excluding hydrogens is 531 g/mol. The molecule has 13 heteroatoms. The van der Waals surface area contributed by atoms with Crippen LogP contribution in [0.4, 0.5) is 18.9 Å². The number of halogens is 4. The van der Waals surface area contributed by atoms with Gasteiger partial charge in [0.05, 0.1) is 21.8 Å². The van der Waals surface area contributed by atoms with Crippen LogP contribution in [0.2, 0.25) is 5.02 Å². The van der Waals surface area contributed by atoms with Gasteiger partial charge in [-0.25, -0.2) is 21.6 Å². The van der Waals surface area contributed by atoms with Crippen molar-refractivity contribution in [1.82, 2.24) is 0 Å². The van der Waals surface area contributed by atoms with Gasteiger partial charge in [-0.2, -0.15) is 4.21 Å². The van der Waals surface area contributed by atoms with Gasteiger partial charge < -0.3 is 5.32 Å². The highest BCUT2D eigenvalue weighted by Crippen LogP contribution is 2.54. The number of rotatable bonds is 4. The molecule has 5 rings (SSSR count). The molecule has 1 spiro atoms. The molecule has 3 aliphatic rings. The number of hydrogen-bond donors (Lipinski definition) is 1. The van der Waals surface area contributed by atoms with Crippen molar-refractivity contribution in [3.8, 4) is 0 Å². The van der Waals surface area contributed by atoms with Crippen LogP contribution in [0, 0.1) is 29.3 Å². The molecule has 35 heavy (non-hydrogen) atoms. The monoisotopic (exact) mass is 549 g/mol. The molecule has 1 saturated heterocycles. The first-order chi connectivity index (χ1) is 16.5. The molecule has 2 aromatic carbocycles. The Morgan fingerprint density at radius 1 is 1.09 bits per heavy atom. The third-order valence-electron chi connectivity index (χ3n) is 6.87. The van der Waals surface area contributed by atoms with E-state index in [-0.39, 0.29) is 39.6 Å². The van der Waals surface area contributed by atoms with E-state index in [0.29, 0.717) is 37.8 Å². The number of carbonyl (C=O) groups is 1. The Hall–Kier alpha value is -1.99. The molecular formula is C22H19ClF3NO6S2. The lowest BCUT2D eigenvalue weighted by Crippen LogP contribution is -2.47. The van der Waals surface area contributed by atoms with Crippen LogP contribution >= 0.6 is 11.6 Å². The quantitative estimate of drug-likeness (QED) is 0.570. The molecule has 5 atom stereocenters. The minimum Gasteiger partial charge on any atom is -0.322 e. The smallest absolute Gasteiger partial charge is 0.305 e. The minimum absolute atomic E-state index is 0.0679. The predicted molar refractivity (Wildman–Crippen MR) is 120 cm³/mol. The van der Waals surface area contributed by atoms with E-state index in [9.17, 15) is 30.6 Å². The van der Waals surface area contributed by atoms with Crippen LogP contribution in [-0.2, 0) is 29.6 Å². The second kappa shape index (κ2) is 8.84. The lowest BCUT2D eigenvalue weighted by atomic mass is 9.77. The summed E-state index contributed by atoms with van der Waals surface area (Å²) < 4.78 is 89.8. The minimum atomic E-state index is -3.99.